The van der Waals surface area contributed by atoms with Crippen molar-refractivity contribution in [2.75, 3.05) is 5.32 Å². The number of aromatic nitrogens is 2. The molecule has 0 atom stereocenters. The summed E-state index contributed by atoms with van der Waals surface area (Å²) in [5.41, 5.74) is 0. The van der Waals surface area contributed by atoms with E-state index in [4.69, 9.17) is 11.6 Å². The van der Waals surface area contributed by atoms with E-state index in [-0.39, 0.29) is 11.9 Å². The van der Waals surface area contributed by atoms with Crippen molar-refractivity contribution in [2.45, 2.75) is 20.3 Å². The Morgan fingerprint density at radius 2 is 2.36 bits per heavy atom. The molecule has 76 valence electrons. The number of rotatable bonds is 3. The van der Waals surface area contributed by atoms with Gasteiger partial charge >= 0.3 is 0 Å². The molecule has 1 heterocycles. The van der Waals surface area contributed by atoms with E-state index in [1.165, 1.54) is 6.20 Å². The third-order valence-corrected chi connectivity index (χ3v) is 1.68. The minimum absolute atomic E-state index is 0.0951. The molecule has 0 unspecified atom stereocenters. The average molecular weight is 214 g/mol. The molecule has 0 bridgehead atoms. The molecule has 0 aliphatic rings. The number of anilines is 1. The monoisotopic (exact) mass is 213 g/mol. The van der Waals surface area contributed by atoms with Crippen molar-refractivity contribution in [3.63, 3.8) is 0 Å². The Balaban J connectivity index is 2.56. The predicted octanol–water partition coefficient (Wildman–Crippen LogP) is 2.11. The molecule has 5 heteroatoms. The number of amides is 1. The number of nitrogens with one attached hydrogen (secondary N) is 1. The van der Waals surface area contributed by atoms with Gasteiger partial charge in [-0.1, -0.05) is 25.4 Å². The Labute approximate surface area is 87.7 Å². The van der Waals surface area contributed by atoms with Gasteiger partial charge in [-0.2, -0.15) is 0 Å². The van der Waals surface area contributed by atoms with Crippen molar-refractivity contribution in [2.24, 2.45) is 5.92 Å². The van der Waals surface area contributed by atoms with Crippen molar-refractivity contribution in [3.8, 4) is 0 Å². The number of hydrogen-bond donors (Lipinski definition) is 1. The predicted molar refractivity (Wildman–Crippen MR) is 55.1 cm³/mol. The fourth-order valence-corrected chi connectivity index (χ4v) is 1.08. The maximum absolute atomic E-state index is 11.3. The summed E-state index contributed by atoms with van der Waals surface area (Å²) in [6.45, 7) is 3.94. The molecule has 1 rings (SSSR count). The summed E-state index contributed by atoms with van der Waals surface area (Å²) in [6, 6.07) is 1.56. The average Bonchev–Trinajstić information content (AvgIpc) is 2.01. The van der Waals surface area contributed by atoms with Crippen LogP contribution in [0, 0.1) is 5.92 Å². The van der Waals surface area contributed by atoms with Crippen LogP contribution in [-0.2, 0) is 4.79 Å². The molecule has 0 aliphatic heterocycles. The Kier molecular flexibility index (Phi) is 3.83. The van der Waals surface area contributed by atoms with Gasteiger partial charge in [-0.25, -0.2) is 9.97 Å². The van der Waals surface area contributed by atoms with E-state index in [2.05, 4.69) is 15.3 Å². The second-order valence-corrected chi connectivity index (χ2v) is 3.74. The lowest BCUT2D eigenvalue weighted by Gasteiger charge is -2.04. The lowest BCUT2D eigenvalue weighted by atomic mass is 10.1. The van der Waals surface area contributed by atoms with E-state index in [1.807, 2.05) is 13.8 Å². The van der Waals surface area contributed by atoms with Gasteiger partial charge in [-0.15, -0.1) is 0 Å². The van der Waals surface area contributed by atoms with Crippen LogP contribution >= 0.6 is 11.6 Å². The lowest BCUT2D eigenvalue weighted by molar-refractivity contribution is -0.116. The molecule has 0 saturated carbocycles. The molecule has 0 fully saturated rings. The zero-order valence-corrected chi connectivity index (χ0v) is 8.88. The zero-order chi connectivity index (χ0) is 10.6. The molecule has 0 aliphatic carbocycles. The Morgan fingerprint density at radius 3 is 2.93 bits per heavy atom. The summed E-state index contributed by atoms with van der Waals surface area (Å²) >= 11 is 5.63. The van der Waals surface area contributed by atoms with Gasteiger partial charge in [0, 0.05) is 12.6 Å². The van der Waals surface area contributed by atoms with Crippen LogP contribution in [0.2, 0.25) is 5.15 Å². The lowest BCUT2D eigenvalue weighted by Crippen LogP contribution is -2.15. The number of hydrogen-bond acceptors (Lipinski definition) is 3. The third kappa shape index (κ3) is 3.70. The van der Waals surface area contributed by atoms with E-state index < -0.39 is 0 Å². The summed E-state index contributed by atoms with van der Waals surface area (Å²) in [6.07, 6.45) is 1.95. The summed E-state index contributed by atoms with van der Waals surface area (Å²) in [5, 5.41) is 2.89. The Hall–Kier alpha value is -1.16. The van der Waals surface area contributed by atoms with Gasteiger partial charge in [-0.05, 0) is 12.0 Å². The minimum atomic E-state index is -0.0951. The van der Waals surface area contributed by atoms with Crippen LogP contribution < -0.4 is 5.32 Å². The van der Waals surface area contributed by atoms with Crippen LogP contribution in [0.15, 0.2) is 12.3 Å². The van der Waals surface area contributed by atoms with Crippen LogP contribution in [0.5, 0.6) is 0 Å². The molecule has 0 spiro atoms. The highest BCUT2D eigenvalue weighted by molar-refractivity contribution is 6.29. The number of carbonyl (C=O) groups is 1. The normalized spacial score (nSPS) is 10.3. The van der Waals surface area contributed by atoms with Crippen LogP contribution in [0.3, 0.4) is 0 Å². The summed E-state index contributed by atoms with van der Waals surface area (Å²) < 4.78 is 0. The molecule has 1 aromatic rings. The van der Waals surface area contributed by atoms with E-state index >= 15 is 0 Å². The maximum Gasteiger partial charge on any atom is 0.230 e. The second-order valence-electron chi connectivity index (χ2n) is 3.35. The number of halogens is 1. The first-order valence-corrected chi connectivity index (χ1v) is 4.74. The Morgan fingerprint density at radius 1 is 1.64 bits per heavy atom. The molecule has 1 N–H and O–H groups in total. The van der Waals surface area contributed by atoms with Gasteiger partial charge in [0.2, 0.25) is 11.9 Å². The maximum atomic E-state index is 11.3. The molecule has 14 heavy (non-hydrogen) atoms. The quantitative estimate of drug-likeness (QED) is 0.783. The molecule has 4 nitrogen and oxygen atoms in total. The molecule has 1 amide bonds. The van der Waals surface area contributed by atoms with Crippen LogP contribution in [-0.4, -0.2) is 15.9 Å². The van der Waals surface area contributed by atoms with Gasteiger partial charge in [0.25, 0.3) is 0 Å². The molecule has 0 aromatic carbocycles. The van der Waals surface area contributed by atoms with Crippen LogP contribution in [0.25, 0.3) is 0 Å². The fourth-order valence-electron chi connectivity index (χ4n) is 0.943. The number of carbonyl (C=O) groups excluding carboxylic acids is 1. The van der Waals surface area contributed by atoms with Gasteiger partial charge in [0.15, 0.2) is 0 Å². The van der Waals surface area contributed by atoms with E-state index in [9.17, 15) is 4.79 Å². The zero-order valence-electron chi connectivity index (χ0n) is 8.12. The number of nitrogens with zero attached hydrogens (tertiary/aromatic N) is 2. The molecule has 0 saturated heterocycles. The highest BCUT2D eigenvalue weighted by atomic mass is 35.5. The first-order valence-electron chi connectivity index (χ1n) is 4.36. The summed E-state index contributed by atoms with van der Waals surface area (Å²) in [4.78, 5) is 19.0. The first-order chi connectivity index (χ1) is 6.58. The van der Waals surface area contributed by atoms with E-state index in [0.29, 0.717) is 17.5 Å². The molecular weight excluding hydrogens is 202 g/mol. The van der Waals surface area contributed by atoms with E-state index in [1.54, 1.807) is 6.07 Å². The Bertz CT molecular complexity index is 328. The largest absolute Gasteiger partial charge is 0.294 e. The molecule has 1 aromatic heterocycles. The smallest absolute Gasteiger partial charge is 0.230 e. The van der Waals surface area contributed by atoms with Crippen LogP contribution in [0.1, 0.15) is 20.3 Å². The van der Waals surface area contributed by atoms with Crippen molar-refractivity contribution in [1.29, 1.82) is 0 Å². The van der Waals surface area contributed by atoms with Gasteiger partial charge in [0.05, 0.1) is 0 Å². The fraction of sp³-hybridized carbons (Fsp3) is 0.444. The molecule has 0 radical (unpaired) electrons. The summed E-state index contributed by atoms with van der Waals surface area (Å²) in [7, 11) is 0. The summed E-state index contributed by atoms with van der Waals surface area (Å²) in [5.74, 6) is 0.472. The second kappa shape index (κ2) is 4.91. The first kappa shape index (κ1) is 10.9. The standard InChI is InChI=1S/C9H12ClN3O/c1-6(2)5-8(14)13-9-11-4-3-7(10)12-9/h3-4,6H,5H2,1-2H3,(H,11,12,13,14). The van der Waals surface area contributed by atoms with E-state index in [0.717, 1.165) is 0 Å². The minimum Gasteiger partial charge on any atom is -0.294 e. The highest BCUT2D eigenvalue weighted by Crippen LogP contribution is 2.07. The van der Waals surface area contributed by atoms with Gasteiger partial charge < -0.3 is 0 Å². The van der Waals surface area contributed by atoms with Gasteiger partial charge in [0.1, 0.15) is 5.15 Å². The topological polar surface area (TPSA) is 54.9 Å². The third-order valence-electron chi connectivity index (χ3n) is 1.47. The van der Waals surface area contributed by atoms with Gasteiger partial charge in [-0.3, -0.25) is 10.1 Å². The van der Waals surface area contributed by atoms with Crippen molar-refractivity contribution >= 4 is 23.5 Å². The highest BCUT2D eigenvalue weighted by Gasteiger charge is 2.06. The van der Waals surface area contributed by atoms with Crippen molar-refractivity contribution in [3.05, 3.63) is 17.4 Å². The SMILES string of the molecule is CC(C)CC(=O)Nc1nccc(Cl)n1. The molecular formula is C9H12ClN3O. The van der Waals surface area contributed by atoms with Crippen LogP contribution in [0.4, 0.5) is 5.95 Å². The van der Waals surface area contributed by atoms with Crippen molar-refractivity contribution in [1.82, 2.24) is 9.97 Å². The van der Waals surface area contributed by atoms with Crippen molar-refractivity contribution < 1.29 is 4.79 Å².